The summed E-state index contributed by atoms with van der Waals surface area (Å²) in [5.41, 5.74) is 3.16. The van der Waals surface area contributed by atoms with Crippen LogP contribution in [-0.4, -0.2) is 43.1 Å². The van der Waals surface area contributed by atoms with Crippen LogP contribution in [0.5, 0.6) is 5.75 Å². The summed E-state index contributed by atoms with van der Waals surface area (Å²) >= 11 is 1.55. The third-order valence-corrected chi connectivity index (χ3v) is 5.82. The molecule has 0 spiro atoms. The van der Waals surface area contributed by atoms with E-state index in [2.05, 4.69) is 27.4 Å². The van der Waals surface area contributed by atoms with E-state index in [9.17, 15) is 4.79 Å². The molecule has 0 bridgehead atoms. The Kier molecular flexibility index (Phi) is 5.16. The smallest absolute Gasteiger partial charge is 0.239 e. The largest absolute Gasteiger partial charge is 0.494 e. The highest BCUT2D eigenvalue weighted by atomic mass is 32.1. The van der Waals surface area contributed by atoms with Crippen molar-refractivity contribution in [3.63, 3.8) is 0 Å². The van der Waals surface area contributed by atoms with Crippen molar-refractivity contribution in [2.75, 3.05) is 32.1 Å². The number of nitrogens with one attached hydrogen (secondary N) is 2. The Balaban J connectivity index is 1.34. The van der Waals surface area contributed by atoms with E-state index in [1.807, 2.05) is 48.5 Å². The summed E-state index contributed by atoms with van der Waals surface area (Å²) in [4.78, 5) is 22.1. The van der Waals surface area contributed by atoms with Gasteiger partial charge in [0.15, 0.2) is 5.13 Å². The molecule has 0 fully saturated rings. The predicted octanol–water partition coefficient (Wildman–Crippen LogP) is 3.58. The molecule has 2 aromatic heterocycles. The monoisotopic (exact) mass is 394 g/mol. The quantitative estimate of drug-likeness (QED) is 0.503. The molecule has 2 N–H and O–H groups in total. The summed E-state index contributed by atoms with van der Waals surface area (Å²) in [6.07, 6.45) is 2.80. The van der Waals surface area contributed by atoms with E-state index in [1.54, 1.807) is 18.4 Å². The van der Waals surface area contributed by atoms with Gasteiger partial charge in [-0.25, -0.2) is 4.98 Å². The number of H-pyrrole nitrogens is 1. The van der Waals surface area contributed by atoms with Gasteiger partial charge in [-0.2, -0.15) is 0 Å². The van der Waals surface area contributed by atoms with Crippen molar-refractivity contribution in [2.45, 2.75) is 6.42 Å². The normalized spacial score (nSPS) is 11.1. The second-order valence-corrected chi connectivity index (χ2v) is 7.63. The van der Waals surface area contributed by atoms with Gasteiger partial charge in [0.25, 0.3) is 0 Å². The summed E-state index contributed by atoms with van der Waals surface area (Å²) < 4.78 is 6.41. The molecular weight excluding hydrogens is 372 g/mol. The van der Waals surface area contributed by atoms with Crippen molar-refractivity contribution in [1.82, 2.24) is 15.3 Å². The number of ether oxygens (including phenoxy) is 1. The lowest BCUT2D eigenvalue weighted by Gasteiger charge is -2.15. The van der Waals surface area contributed by atoms with Crippen LogP contribution in [0.2, 0.25) is 0 Å². The zero-order valence-corrected chi connectivity index (χ0v) is 16.7. The maximum Gasteiger partial charge on any atom is 0.239 e. The van der Waals surface area contributed by atoms with Crippen LogP contribution < -0.4 is 15.0 Å². The summed E-state index contributed by atoms with van der Waals surface area (Å²) in [7, 11) is 3.52. The molecule has 4 aromatic rings. The standard InChI is InChI=1S/C21H22N4O2S/c1-25(21-24-20-17(27-2)8-5-9-18(20)28-21)13-19(26)22-11-10-14-12-23-16-7-4-3-6-15(14)16/h3-9,12,23H,10-11,13H2,1-2H3,(H,22,26). The Labute approximate surface area is 167 Å². The van der Waals surface area contributed by atoms with Gasteiger partial charge in [-0.3, -0.25) is 4.79 Å². The SMILES string of the molecule is COc1cccc2sc(N(C)CC(=O)NCCc3c[nH]c4ccccc34)nc12. The zero-order chi connectivity index (χ0) is 19.5. The van der Waals surface area contributed by atoms with Gasteiger partial charge in [0.1, 0.15) is 11.3 Å². The highest BCUT2D eigenvalue weighted by Gasteiger charge is 2.14. The number of aromatic amines is 1. The molecule has 28 heavy (non-hydrogen) atoms. The van der Waals surface area contributed by atoms with Crippen LogP contribution in [-0.2, 0) is 11.2 Å². The van der Waals surface area contributed by atoms with Gasteiger partial charge in [0.2, 0.25) is 5.91 Å². The first-order chi connectivity index (χ1) is 13.7. The van der Waals surface area contributed by atoms with Gasteiger partial charge >= 0.3 is 0 Å². The molecular formula is C21H22N4O2S. The predicted molar refractivity (Wildman–Crippen MR) is 114 cm³/mol. The maximum atomic E-state index is 12.3. The van der Waals surface area contributed by atoms with Gasteiger partial charge in [0, 0.05) is 30.7 Å². The fourth-order valence-electron chi connectivity index (χ4n) is 3.25. The van der Waals surface area contributed by atoms with Crippen LogP contribution in [0.15, 0.2) is 48.7 Å². The first-order valence-corrected chi connectivity index (χ1v) is 9.93. The number of hydrogen-bond donors (Lipinski definition) is 2. The Hall–Kier alpha value is -3.06. The summed E-state index contributed by atoms with van der Waals surface area (Å²) in [6, 6.07) is 14.0. The van der Waals surface area contributed by atoms with E-state index < -0.39 is 0 Å². The summed E-state index contributed by atoms with van der Waals surface area (Å²) in [5, 5.41) is 5.00. The molecule has 2 aromatic carbocycles. The number of aromatic nitrogens is 2. The highest BCUT2D eigenvalue weighted by Crippen LogP contribution is 2.33. The third kappa shape index (κ3) is 3.66. The molecule has 144 valence electrons. The molecule has 0 aliphatic rings. The number of para-hydroxylation sites is 2. The van der Waals surface area contributed by atoms with Crippen molar-refractivity contribution in [2.24, 2.45) is 0 Å². The summed E-state index contributed by atoms with van der Waals surface area (Å²) in [6.45, 7) is 0.859. The second kappa shape index (κ2) is 7.90. The number of amides is 1. The van der Waals surface area contributed by atoms with Crippen molar-refractivity contribution < 1.29 is 9.53 Å². The van der Waals surface area contributed by atoms with Crippen LogP contribution in [0, 0.1) is 0 Å². The Morgan fingerprint density at radius 1 is 1.25 bits per heavy atom. The van der Waals surface area contributed by atoms with E-state index in [4.69, 9.17) is 4.74 Å². The summed E-state index contributed by atoms with van der Waals surface area (Å²) in [5.74, 6) is 0.727. The van der Waals surface area contributed by atoms with E-state index >= 15 is 0 Å². The fraction of sp³-hybridized carbons (Fsp3) is 0.238. The molecule has 0 unspecified atom stereocenters. The van der Waals surface area contributed by atoms with Gasteiger partial charge < -0.3 is 19.9 Å². The molecule has 0 atom stereocenters. The number of rotatable bonds is 7. The second-order valence-electron chi connectivity index (χ2n) is 6.62. The lowest BCUT2D eigenvalue weighted by molar-refractivity contribution is -0.119. The Morgan fingerprint density at radius 3 is 2.96 bits per heavy atom. The van der Waals surface area contributed by atoms with Crippen LogP contribution in [0.3, 0.4) is 0 Å². The van der Waals surface area contributed by atoms with Crippen molar-refractivity contribution in [1.29, 1.82) is 0 Å². The van der Waals surface area contributed by atoms with Crippen molar-refractivity contribution >= 4 is 43.5 Å². The van der Waals surface area contributed by atoms with Gasteiger partial charge in [-0.05, 0) is 30.2 Å². The van der Waals surface area contributed by atoms with Gasteiger partial charge in [-0.1, -0.05) is 35.6 Å². The average Bonchev–Trinajstić information content (AvgIpc) is 3.32. The highest BCUT2D eigenvalue weighted by molar-refractivity contribution is 7.22. The van der Waals surface area contributed by atoms with Crippen LogP contribution in [0.4, 0.5) is 5.13 Å². The number of thiazole rings is 1. The van der Waals surface area contributed by atoms with Crippen molar-refractivity contribution in [3.8, 4) is 5.75 Å². The Morgan fingerprint density at radius 2 is 2.11 bits per heavy atom. The molecule has 4 rings (SSSR count). The number of methoxy groups -OCH3 is 1. The molecule has 1 amide bonds. The molecule has 0 saturated heterocycles. The number of nitrogens with zero attached hydrogens (tertiary/aromatic N) is 2. The number of carbonyl (C=O) groups is 1. The Bertz CT molecular complexity index is 1120. The molecule has 0 aliphatic carbocycles. The number of anilines is 1. The molecule has 0 aliphatic heterocycles. The minimum absolute atomic E-state index is 0.0198. The lowest BCUT2D eigenvalue weighted by Crippen LogP contribution is -2.36. The fourth-order valence-corrected chi connectivity index (χ4v) is 4.20. The number of likely N-dealkylation sites (N-methyl/N-ethyl adjacent to an activating group) is 1. The van der Waals surface area contributed by atoms with Crippen LogP contribution >= 0.6 is 11.3 Å². The third-order valence-electron chi connectivity index (χ3n) is 4.69. The van der Waals surface area contributed by atoms with Crippen LogP contribution in [0.1, 0.15) is 5.56 Å². The average molecular weight is 395 g/mol. The number of hydrogen-bond acceptors (Lipinski definition) is 5. The first-order valence-electron chi connectivity index (χ1n) is 9.12. The van der Waals surface area contributed by atoms with E-state index in [-0.39, 0.29) is 12.5 Å². The zero-order valence-electron chi connectivity index (χ0n) is 15.9. The molecule has 0 saturated carbocycles. The minimum Gasteiger partial charge on any atom is -0.494 e. The number of fused-ring (bicyclic) bond motifs is 2. The van der Waals surface area contributed by atoms with E-state index in [0.717, 1.165) is 33.0 Å². The van der Waals surface area contributed by atoms with Gasteiger partial charge in [-0.15, -0.1) is 0 Å². The first kappa shape index (κ1) is 18.3. The van der Waals surface area contributed by atoms with E-state index in [0.29, 0.717) is 6.54 Å². The molecule has 7 heteroatoms. The molecule has 2 heterocycles. The lowest BCUT2D eigenvalue weighted by atomic mass is 10.1. The van der Waals surface area contributed by atoms with Crippen molar-refractivity contribution in [3.05, 3.63) is 54.2 Å². The maximum absolute atomic E-state index is 12.3. The van der Waals surface area contributed by atoms with Gasteiger partial charge in [0.05, 0.1) is 18.4 Å². The minimum atomic E-state index is -0.0198. The van der Waals surface area contributed by atoms with Crippen LogP contribution in [0.25, 0.3) is 21.1 Å². The number of benzene rings is 2. The molecule has 6 nitrogen and oxygen atoms in total. The topological polar surface area (TPSA) is 70.2 Å². The van der Waals surface area contributed by atoms with E-state index in [1.165, 1.54) is 10.9 Å². The molecule has 0 radical (unpaired) electrons. The number of carbonyl (C=O) groups excluding carboxylic acids is 1.